The molecule has 2 heteroatoms. The molecule has 1 unspecified atom stereocenters. The summed E-state index contributed by atoms with van der Waals surface area (Å²) < 4.78 is 5.68. The van der Waals surface area contributed by atoms with Crippen LogP contribution in [0.4, 0.5) is 0 Å². The number of aryl methyl sites for hydroxylation is 1. The smallest absolute Gasteiger partial charge is 0.114 e. The first kappa shape index (κ1) is 12.2. The van der Waals surface area contributed by atoms with Gasteiger partial charge in [0.2, 0.25) is 0 Å². The number of ether oxygens (including phenoxy) is 1. The number of nitrogens with one attached hydrogen (secondary N) is 1. The van der Waals surface area contributed by atoms with E-state index in [0.717, 1.165) is 31.8 Å². The Morgan fingerprint density at radius 2 is 2.00 bits per heavy atom. The lowest BCUT2D eigenvalue weighted by atomic mass is 10.0. The van der Waals surface area contributed by atoms with Gasteiger partial charge in [0.25, 0.3) is 0 Å². The lowest BCUT2D eigenvalue weighted by molar-refractivity contribution is 0.216. The van der Waals surface area contributed by atoms with E-state index in [9.17, 15) is 0 Å². The summed E-state index contributed by atoms with van der Waals surface area (Å²) in [6.45, 7) is 6.08. The first-order valence-corrected chi connectivity index (χ1v) is 6.50. The predicted molar refractivity (Wildman–Crippen MR) is 70.9 cm³/mol. The van der Waals surface area contributed by atoms with E-state index >= 15 is 0 Å². The molecular weight excluding hydrogens is 210 g/mol. The SMILES string of the molecule is CCNC(C1=CCCO1)c1ccc(CC)cc1. The Hall–Kier alpha value is -1.28. The molecule has 0 aliphatic carbocycles. The van der Waals surface area contributed by atoms with Crippen LogP contribution in [0.15, 0.2) is 36.1 Å². The monoisotopic (exact) mass is 231 g/mol. The largest absolute Gasteiger partial charge is 0.496 e. The van der Waals surface area contributed by atoms with Gasteiger partial charge in [0, 0.05) is 6.42 Å². The number of hydrogen-bond acceptors (Lipinski definition) is 2. The first-order chi connectivity index (χ1) is 8.35. The van der Waals surface area contributed by atoms with Gasteiger partial charge in [-0.3, -0.25) is 0 Å². The van der Waals surface area contributed by atoms with Gasteiger partial charge in [0.15, 0.2) is 0 Å². The van der Waals surface area contributed by atoms with E-state index in [2.05, 4.69) is 49.5 Å². The van der Waals surface area contributed by atoms with Crippen LogP contribution in [-0.2, 0) is 11.2 Å². The summed E-state index contributed by atoms with van der Waals surface area (Å²) in [5, 5.41) is 3.49. The van der Waals surface area contributed by atoms with Crippen molar-refractivity contribution in [3.8, 4) is 0 Å². The average molecular weight is 231 g/mol. The van der Waals surface area contributed by atoms with Crippen LogP contribution in [0.1, 0.15) is 37.4 Å². The third kappa shape index (κ3) is 2.89. The van der Waals surface area contributed by atoms with Gasteiger partial charge in [-0.2, -0.15) is 0 Å². The van der Waals surface area contributed by atoms with Crippen molar-refractivity contribution in [2.45, 2.75) is 32.7 Å². The topological polar surface area (TPSA) is 21.3 Å². The van der Waals surface area contributed by atoms with Crippen LogP contribution in [0.25, 0.3) is 0 Å². The van der Waals surface area contributed by atoms with Crippen LogP contribution in [0.5, 0.6) is 0 Å². The molecule has 0 spiro atoms. The Bertz CT molecular complexity index is 380. The van der Waals surface area contributed by atoms with Crippen molar-refractivity contribution in [3.05, 3.63) is 47.2 Å². The molecule has 1 N–H and O–H groups in total. The maximum Gasteiger partial charge on any atom is 0.114 e. The highest BCUT2D eigenvalue weighted by Crippen LogP contribution is 2.26. The summed E-state index contributed by atoms with van der Waals surface area (Å²) in [4.78, 5) is 0. The van der Waals surface area contributed by atoms with E-state index in [0.29, 0.717) is 0 Å². The minimum Gasteiger partial charge on any atom is -0.496 e. The Kier molecular flexibility index (Phi) is 4.21. The second-order valence-electron chi connectivity index (χ2n) is 4.33. The van der Waals surface area contributed by atoms with Gasteiger partial charge in [0.1, 0.15) is 5.76 Å². The van der Waals surface area contributed by atoms with Crippen molar-refractivity contribution in [1.82, 2.24) is 5.32 Å². The van der Waals surface area contributed by atoms with Crippen molar-refractivity contribution < 1.29 is 4.74 Å². The van der Waals surface area contributed by atoms with E-state index in [4.69, 9.17) is 4.74 Å². The Labute approximate surface area is 104 Å². The highest BCUT2D eigenvalue weighted by molar-refractivity contribution is 5.30. The number of rotatable bonds is 5. The summed E-state index contributed by atoms with van der Waals surface area (Å²) in [5.41, 5.74) is 2.67. The summed E-state index contributed by atoms with van der Waals surface area (Å²) in [5.74, 6) is 1.08. The van der Waals surface area contributed by atoms with Crippen LogP contribution >= 0.6 is 0 Å². The molecule has 92 valence electrons. The zero-order chi connectivity index (χ0) is 12.1. The van der Waals surface area contributed by atoms with Crippen molar-refractivity contribution >= 4 is 0 Å². The molecule has 17 heavy (non-hydrogen) atoms. The molecule has 0 saturated carbocycles. The van der Waals surface area contributed by atoms with Gasteiger partial charge in [-0.25, -0.2) is 0 Å². The molecule has 0 saturated heterocycles. The van der Waals surface area contributed by atoms with Gasteiger partial charge in [0.05, 0.1) is 12.6 Å². The molecular formula is C15H21NO. The quantitative estimate of drug-likeness (QED) is 0.840. The second-order valence-corrected chi connectivity index (χ2v) is 4.33. The van der Waals surface area contributed by atoms with E-state index in [1.807, 2.05) is 0 Å². The van der Waals surface area contributed by atoms with E-state index < -0.39 is 0 Å². The zero-order valence-corrected chi connectivity index (χ0v) is 10.7. The van der Waals surface area contributed by atoms with E-state index in [1.54, 1.807) is 0 Å². The van der Waals surface area contributed by atoms with Crippen molar-refractivity contribution in [2.24, 2.45) is 0 Å². The Morgan fingerprint density at radius 3 is 2.53 bits per heavy atom. The first-order valence-electron chi connectivity index (χ1n) is 6.50. The Balaban J connectivity index is 2.19. The predicted octanol–water partition coefficient (Wildman–Crippen LogP) is 3.20. The molecule has 0 bridgehead atoms. The van der Waals surface area contributed by atoms with Gasteiger partial charge >= 0.3 is 0 Å². The molecule has 2 nitrogen and oxygen atoms in total. The molecule has 0 amide bonds. The fourth-order valence-electron chi connectivity index (χ4n) is 2.17. The third-order valence-electron chi connectivity index (χ3n) is 3.15. The van der Waals surface area contributed by atoms with Crippen molar-refractivity contribution in [1.29, 1.82) is 0 Å². The normalized spacial score (nSPS) is 16.5. The average Bonchev–Trinajstić information content (AvgIpc) is 2.90. The molecule has 1 atom stereocenters. The molecule has 1 aliphatic heterocycles. The molecule has 1 aliphatic rings. The van der Waals surface area contributed by atoms with Crippen molar-refractivity contribution in [2.75, 3.05) is 13.2 Å². The van der Waals surface area contributed by atoms with E-state index in [-0.39, 0.29) is 6.04 Å². The van der Waals surface area contributed by atoms with Crippen LogP contribution in [0, 0.1) is 0 Å². The minimum absolute atomic E-state index is 0.216. The van der Waals surface area contributed by atoms with Gasteiger partial charge < -0.3 is 10.1 Å². The molecule has 1 aromatic carbocycles. The summed E-state index contributed by atoms with van der Waals surface area (Å²) in [6.07, 6.45) is 4.32. The molecule has 0 aromatic heterocycles. The lowest BCUT2D eigenvalue weighted by Gasteiger charge is -2.19. The van der Waals surface area contributed by atoms with Gasteiger partial charge in [-0.15, -0.1) is 0 Å². The highest BCUT2D eigenvalue weighted by Gasteiger charge is 2.19. The molecule has 0 fully saturated rings. The fourth-order valence-corrected chi connectivity index (χ4v) is 2.17. The van der Waals surface area contributed by atoms with Crippen LogP contribution in [0.2, 0.25) is 0 Å². The summed E-state index contributed by atoms with van der Waals surface area (Å²) in [7, 11) is 0. The van der Waals surface area contributed by atoms with Crippen LogP contribution in [0.3, 0.4) is 0 Å². The molecule has 1 aromatic rings. The van der Waals surface area contributed by atoms with Crippen molar-refractivity contribution in [3.63, 3.8) is 0 Å². The summed E-state index contributed by atoms with van der Waals surface area (Å²) >= 11 is 0. The second kappa shape index (κ2) is 5.87. The molecule has 1 heterocycles. The summed E-state index contributed by atoms with van der Waals surface area (Å²) in [6, 6.07) is 9.03. The van der Waals surface area contributed by atoms with E-state index in [1.165, 1.54) is 11.1 Å². The standard InChI is InChI=1S/C15H21NO/c1-3-12-7-9-13(10-8-12)15(16-4-2)14-6-5-11-17-14/h6-10,15-16H,3-5,11H2,1-2H3. The lowest BCUT2D eigenvalue weighted by Crippen LogP contribution is -2.23. The highest BCUT2D eigenvalue weighted by atomic mass is 16.5. The van der Waals surface area contributed by atoms with Crippen LogP contribution in [-0.4, -0.2) is 13.2 Å². The maximum atomic E-state index is 5.68. The Morgan fingerprint density at radius 1 is 1.24 bits per heavy atom. The van der Waals surface area contributed by atoms with Crippen LogP contribution < -0.4 is 5.32 Å². The third-order valence-corrected chi connectivity index (χ3v) is 3.15. The zero-order valence-electron chi connectivity index (χ0n) is 10.7. The molecule has 0 radical (unpaired) electrons. The number of benzene rings is 1. The minimum atomic E-state index is 0.216. The number of likely N-dealkylation sites (N-methyl/N-ethyl adjacent to an activating group) is 1. The van der Waals surface area contributed by atoms with Gasteiger partial charge in [-0.1, -0.05) is 38.1 Å². The maximum absolute atomic E-state index is 5.68. The van der Waals surface area contributed by atoms with Gasteiger partial charge in [-0.05, 0) is 30.2 Å². The molecule has 2 rings (SSSR count). The fraction of sp³-hybridized carbons (Fsp3) is 0.467. The number of hydrogen-bond donors (Lipinski definition) is 1.